The molecule has 2 aliphatic heterocycles. The molecule has 0 atom stereocenters. The van der Waals surface area contributed by atoms with Gasteiger partial charge in [-0.05, 0) is 55.2 Å². The summed E-state index contributed by atoms with van der Waals surface area (Å²) in [7, 11) is 0. The molecule has 2 aliphatic rings. The van der Waals surface area contributed by atoms with E-state index in [0.29, 0.717) is 12.5 Å². The van der Waals surface area contributed by atoms with E-state index in [1.165, 1.54) is 23.4 Å². The van der Waals surface area contributed by atoms with Crippen LogP contribution in [0.3, 0.4) is 0 Å². The van der Waals surface area contributed by atoms with E-state index in [0.717, 1.165) is 51.1 Å². The molecular weight excluding hydrogens is 342 g/mol. The van der Waals surface area contributed by atoms with Gasteiger partial charge in [-0.3, -0.25) is 9.69 Å². The van der Waals surface area contributed by atoms with Crippen molar-refractivity contribution in [2.24, 2.45) is 11.8 Å². The lowest BCUT2D eigenvalue weighted by atomic mass is 9.87. The minimum absolute atomic E-state index is 0.324. The van der Waals surface area contributed by atoms with Crippen molar-refractivity contribution in [3.8, 4) is 0 Å². The van der Waals surface area contributed by atoms with E-state index in [-0.39, 0.29) is 0 Å². The van der Waals surface area contributed by atoms with Crippen molar-refractivity contribution in [2.75, 3.05) is 57.0 Å². The third kappa shape index (κ3) is 4.95. The Morgan fingerprint density at radius 2 is 1.65 bits per heavy atom. The molecule has 2 saturated heterocycles. The second kappa shape index (κ2) is 9.14. The highest BCUT2D eigenvalue weighted by Crippen LogP contribution is 2.25. The molecule has 1 aromatic rings. The summed E-state index contributed by atoms with van der Waals surface area (Å²) < 4.78 is 0. The molecule has 5 heteroatoms. The maximum absolute atomic E-state index is 12.6. The van der Waals surface area contributed by atoms with Crippen molar-refractivity contribution in [3.05, 3.63) is 24.3 Å². The average molecular weight is 376 g/mol. The Morgan fingerprint density at radius 3 is 2.19 bits per heavy atom. The minimum Gasteiger partial charge on any atom is -0.369 e. The zero-order valence-corrected chi connectivity index (χ0v) is 17.3. The summed E-state index contributed by atoms with van der Waals surface area (Å²) in [4.78, 5) is 20.8. The van der Waals surface area contributed by atoms with Crippen molar-refractivity contribution in [2.45, 2.75) is 31.6 Å². The zero-order valence-electron chi connectivity index (χ0n) is 16.5. The third-order valence-electron chi connectivity index (χ3n) is 6.00. The van der Waals surface area contributed by atoms with Gasteiger partial charge >= 0.3 is 0 Å². The number of piperazine rings is 1. The van der Waals surface area contributed by atoms with E-state index in [9.17, 15) is 4.79 Å². The van der Waals surface area contributed by atoms with Crippen molar-refractivity contribution in [1.29, 1.82) is 0 Å². The molecule has 0 aliphatic carbocycles. The lowest BCUT2D eigenvalue weighted by Crippen LogP contribution is -2.51. The number of piperidine rings is 1. The first-order chi connectivity index (χ1) is 12.6. The highest BCUT2D eigenvalue weighted by molar-refractivity contribution is 7.98. The molecule has 0 saturated carbocycles. The number of carbonyl (C=O) groups excluding carboxylic acids is 1. The van der Waals surface area contributed by atoms with Crippen molar-refractivity contribution >= 4 is 23.4 Å². The van der Waals surface area contributed by atoms with E-state index in [1.807, 2.05) is 0 Å². The van der Waals surface area contributed by atoms with Gasteiger partial charge in [0.15, 0.2) is 0 Å². The Hall–Kier alpha value is -1.20. The molecule has 2 fully saturated rings. The van der Waals surface area contributed by atoms with Crippen LogP contribution in [0.2, 0.25) is 0 Å². The third-order valence-corrected chi connectivity index (χ3v) is 6.75. The van der Waals surface area contributed by atoms with E-state index >= 15 is 0 Å². The fourth-order valence-corrected chi connectivity index (χ4v) is 4.47. The van der Waals surface area contributed by atoms with Crippen LogP contribution in [0.25, 0.3) is 0 Å². The van der Waals surface area contributed by atoms with E-state index in [4.69, 9.17) is 0 Å². The average Bonchev–Trinajstić information content (AvgIpc) is 2.68. The largest absolute Gasteiger partial charge is 0.369 e. The van der Waals surface area contributed by atoms with Crippen LogP contribution < -0.4 is 4.90 Å². The number of benzene rings is 1. The molecule has 0 radical (unpaired) electrons. The normalized spacial score (nSPS) is 20.0. The molecule has 3 rings (SSSR count). The smallest absolute Gasteiger partial charge is 0.236 e. The molecule has 2 heterocycles. The van der Waals surface area contributed by atoms with Crippen LogP contribution in [0.4, 0.5) is 5.69 Å². The first-order valence-electron chi connectivity index (χ1n) is 9.96. The van der Waals surface area contributed by atoms with Crippen LogP contribution in [0.5, 0.6) is 0 Å². The monoisotopic (exact) mass is 375 g/mol. The molecule has 4 nitrogen and oxygen atoms in total. The van der Waals surface area contributed by atoms with Crippen LogP contribution in [-0.4, -0.2) is 67.8 Å². The molecule has 0 bridgehead atoms. The summed E-state index contributed by atoms with van der Waals surface area (Å²) in [6, 6.07) is 8.81. The van der Waals surface area contributed by atoms with Gasteiger partial charge in [0.2, 0.25) is 5.91 Å². The summed E-state index contributed by atoms with van der Waals surface area (Å²) in [6.45, 7) is 11.0. The minimum atomic E-state index is 0.324. The fourth-order valence-electron chi connectivity index (χ4n) is 4.06. The number of thioether (sulfide) groups is 1. The lowest BCUT2D eigenvalue weighted by Gasteiger charge is -2.38. The molecule has 1 amide bonds. The van der Waals surface area contributed by atoms with Crippen LogP contribution in [-0.2, 0) is 4.79 Å². The Balaban J connectivity index is 1.43. The van der Waals surface area contributed by atoms with Crippen molar-refractivity contribution in [1.82, 2.24) is 9.80 Å². The zero-order chi connectivity index (χ0) is 18.5. The van der Waals surface area contributed by atoms with Gasteiger partial charge in [0.1, 0.15) is 0 Å². The standard InChI is InChI=1S/C21H33N3OS/c1-17(2)18-8-10-24(11-9-18)21(25)16-22-12-14-23(15-13-22)19-4-6-20(26-3)7-5-19/h4-7,17-18H,8-16H2,1-3H3. The summed E-state index contributed by atoms with van der Waals surface area (Å²) in [5.41, 5.74) is 1.30. The predicted molar refractivity (Wildman–Crippen MR) is 111 cm³/mol. The van der Waals surface area contributed by atoms with Crippen molar-refractivity contribution < 1.29 is 4.79 Å². The topological polar surface area (TPSA) is 26.8 Å². The summed E-state index contributed by atoms with van der Waals surface area (Å²) in [5.74, 6) is 1.86. The van der Waals surface area contributed by atoms with E-state index in [2.05, 4.69) is 59.1 Å². The molecule has 0 aromatic heterocycles. The number of hydrogen-bond donors (Lipinski definition) is 0. The Labute approximate surface area is 162 Å². The van der Waals surface area contributed by atoms with Gasteiger partial charge in [-0.2, -0.15) is 0 Å². The number of anilines is 1. The molecule has 144 valence electrons. The van der Waals surface area contributed by atoms with Gasteiger partial charge in [0.05, 0.1) is 6.54 Å². The van der Waals surface area contributed by atoms with Gasteiger partial charge in [0, 0.05) is 49.9 Å². The second-order valence-corrected chi connectivity index (χ2v) is 8.80. The fraction of sp³-hybridized carbons (Fsp3) is 0.667. The van der Waals surface area contributed by atoms with Gasteiger partial charge in [0.25, 0.3) is 0 Å². The number of rotatable bonds is 5. The molecular formula is C21H33N3OS. The lowest BCUT2D eigenvalue weighted by molar-refractivity contribution is -0.134. The van der Waals surface area contributed by atoms with Gasteiger partial charge in [-0.15, -0.1) is 11.8 Å². The number of likely N-dealkylation sites (tertiary alicyclic amines) is 1. The second-order valence-electron chi connectivity index (χ2n) is 7.92. The quantitative estimate of drug-likeness (QED) is 0.737. The number of amides is 1. The van der Waals surface area contributed by atoms with E-state index < -0.39 is 0 Å². The molecule has 0 spiro atoms. The maximum Gasteiger partial charge on any atom is 0.236 e. The van der Waals surface area contributed by atoms with E-state index in [1.54, 1.807) is 11.8 Å². The first-order valence-corrected chi connectivity index (χ1v) is 11.2. The van der Waals surface area contributed by atoms with Crippen LogP contribution in [0.1, 0.15) is 26.7 Å². The Bertz CT molecular complexity index is 573. The molecule has 0 N–H and O–H groups in total. The summed E-state index contributed by atoms with van der Waals surface area (Å²) in [5, 5.41) is 0. The number of nitrogens with zero attached hydrogens (tertiary/aromatic N) is 3. The SMILES string of the molecule is CSc1ccc(N2CCN(CC(=O)N3CCC(C(C)C)CC3)CC2)cc1. The van der Waals surface area contributed by atoms with Crippen LogP contribution >= 0.6 is 11.8 Å². The summed E-state index contributed by atoms with van der Waals surface area (Å²) in [6.07, 6.45) is 4.45. The van der Waals surface area contributed by atoms with Gasteiger partial charge in [-0.25, -0.2) is 0 Å². The van der Waals surface area contributed by atoms with Gasteiger partial charge < -0.3 is 9.80 Å². The van der Waals surface area contributed by atoms with Crippen LogP contribution in [0, 0.1) is 11.8 Å². The Morgan fingerprint density at radius 1 is 1.04 bits per heavy atom. The van der Waals surface area contributed by atoms with Crippen LogP contribution in [0.15, 0.2) is 29.2 Å². The highest BCUT2D eigenvalue weighted by atomic mass is 32.2. The molecule has 1 aromatic carbocycles. The number of carbonyl (C=O) groups is 1. The number of hydrogen-bond acceptors (Lipinski definition) is 4. The van der Waals surface area contributed by atoms with Crippen molar-refractivity contribution in [3.63, 3.8) is 0 Å². The Kier molecular flexibility index (Phi) is 6.87. The maximum atomic E-state index is 12.6. The summed E-state index contributed by atoms with van der Waals surface area (Å²) >= 11 is 1.78. The first kappa shape index (κ1) is 19.6. The highest BCUT2D eigenvalue weighted by Gasteiger charge is 2.26. The van der Waals surface area contributed by atoms with Gasteiger partial charge in [-0.1, -0.05) is 13.8 Å². The molecule has 26 heavy (non-hydrogen) atoms. The molecule has 0 unspecified atom stereocenters. The predicted octanol–water partition coefficient (Wildman–Crippen LogP) is 3.43.